The first-order valence-electron chi connectivity index (χ1n) is 6.83. The zero-order valence-electron chi connectivity index (χ0n) is 12.6. The molecule has 22 heavy (non-hydrogen) atoms. The van der Waals surface area contributed by atoms with Crippen LogP contribution in [0, 0.1) is 6.92 Å². The van der Waals surface area contributed by atoms with E-state index in [2.05, 4.69) is 20.7 Å². The van der Waals surface area contributed by atoms with Gasteiger partial charge in [0.05, 0.1) is 16.7 Å². The average Bonchev–Trinajstić information content (AvgIpc) is 2.42. The van der Waals surface area contributed by atoms with Gasteiger partial charge in [0.15, 0.2) is 0 Å². The Morgan fingerprint density at radius 1 is 1.09 bits per heavy atom. The number of halogens is 1. The van der Waals surface area contributed by atoms with Crippen LogP contribution in [0.15, 0.2) is 51.8 Å². The van der Waals surface area contributed by atoms with Crippen molar-refractivity contribution >= 4 is 31.6 Å². The van der Waals surface area contributed by atoms with E-state index in [0.29, 0.717) is 15.9 Å². The van der Waals surface area contributed by atoms with Crippen LogP contribution >= 0.6 is 15.9 Å². The molecule has 2 aromatic rings. The monoisotopic (exact) mass is 383 g/mol. The van der Waals surface area contributed by atoms with Gasteiger partial charge in [-0.1, -0.05) is 6.07 Å². The minimum Gasteiger partial charge on any atom is -0.491 e. The summed E-state index contributed by atoms with van der Waals surface area (Å²) in [5, 5.41) is 0. The summed E-state index contributed by atoms with van der Waals surface area (Å²) in [6.07, 6.45) is 0.0455. The minimum absolute atomic E-state index is 0.0455. The van der Waals surface area contributed by atoms with E-state index in [1.165, 1.54) is 12.1 Å². The molecule has 2 rings (SSSR count). The normalized spacial score (nSPS) is 11.5. The van der Waals surface area contributed by atoms with Crippen LogP contribution in [0.4, 0.5) is 5.69 Å². The lowest BCUT2D eigenvalue weighted by molar-refractivity contribution is 0.242. The van der Waals surface area contributed by atoms with E-state index in [4.69, 9.17) is 4.74 Å². The molecule has 0 aliphatic heterocycles. The first-order valence-corrected chi connectivity index (χ1v) is 9.11. The maximum atomic E-state index is 12.4. The molecule has 0 atom stereocenters. The van der Waals surface area contributed by atoms with Gasteiger partial charge in [0.1, 0.15) is 5.75 Å². The summed E-state index contributed by atoms with van der Waals surface area (Å²) < 4.78 is 33.6. The average molecular weight is 384 g/mol. The Labute approximate surface area is 139 Å². The molecule has 0 fully saturated rings. The fourth-order valence-electron chi connectivity index (χ4n) is 1.88. The van der Waals surface area contributed by atoms with Crippen LogP contribution in [-0.4, -0.2) is 14.5 Å². The maximum Gasteiger partial charge on any atom is 0.261 e. The summed E-state index contributed by atoms with van der Waals surface area (Å²) in [7, 11) is -3.63. The van der Waals surface area contributed by atoms with E-state index in [1.54, 1.807) is 18.2 Å². The van der Waals surface area contributed by atoms with Gasteiger partial charge < -0.3 is 4.74 Å². The molecule has 4 nitrogen and oxygen atoms in total. The van der Waals surface area contributed by atoms with Gasteiger partial charge in [-0.15, -0.1) is 0 Å². The van der Waals surface area contributed by atoms with Crippen molar-refractivity contribution in [3.05, 3.63) is 52.5 Å². The minimum atomic E-state index is -3.63. The van der Waals surface area contributed by atoms with Crippen molar-refractivity contribution in [2.45, 2.75) is 31.8 Å². The number of ether oxygens (including phenoxy) is 1. The van der Waals surface area contributed by atoms with E-state index >= 15 is 0 Å². The number of hydrogen-bond acceptors (Lipinski definition) is 3. The Kier molecular flexibility index (Phi) is 5.13. The van der Waals surface area contributed by atoms with Crippen LogP contribution in [-0.2, 0) is 10.0 Å². The van der Waals surface area contributed by atoms with Gasteiger partial charge in [-0.25, -0.2) is 8.42 Å². The van der Waals surface area contributed by atoms with Crippen molar-refractivity contribution in [3.8, 4) is 5.75 Å². The third-order valence-electron chi connectivity index (χ3n) is 2.87. The Hall–Kier alpha value is -1.53. The lowest BCUT2D eigenvalue weighted by Crippen LogP contribution is -2.13. The highest BCUT2D eigenvalue weighted by atomic mass is 79.9. The topological polar surface area (TPSA) is 55.4 Å². The summed E-state index contributed by atoms with van der Waals surface area (Å²) in [6.45, 7) is 5.78. The highest BCUT2D eigenvalue weighted by molar-refractivity contribution is 9.10. The van der Waals surface area contributed by atoms with Gasteiger partial charge in [-0.3, -0.25) is 4.72 Å². The number of anilines is 1. The predicted octanol–water partition coefficient (Wildman–Crippen LogP) is 4.35. The Morgan fingerprint density at radius 2 is 1.73 bits per heavy atom. The second-order valence-electron chi connectivity index (χ2n) is 5.23. The van der Waals surface area contributed by atoms with Gasteiger partial charge in [0.2, 0.25) is 0 Å². The van der Waals surface area contributed by atoms with Gasteiger partial charge >= 0.3 is 0 Å². The molecule has 6 heteroatoms. The number of rotatable bonds is 5. The van der Waals surface area contributed by atoms with Gasteiger partial charge in [0, 0.05) is 4.47 Å². The fraction of sp³-hybridized carbons (Fsp3) is 0.250. The van der Waals surface area contributed by atoms with Crippen molar-refractivity contribution < 1.29 is 13.2 Å². The van der Waals surface area contributed by atoms with Crippen LogP contribution < -0.4 is 9.46 Å². The van der Waals surface area contributed by atoms with Crippen molar-refractivity contribution in [1.82, 2.24) is 0 Å². The van der Waals surface area contributed by atoms with E-state index in [9.17, 15) is 8.42 Å². The molecular formula is C16H18BrNO3S. The lowest BCUT2D eigenvalue weighted by atomic mass is 10.2. The number of sulfonamides is 1. The molecule has 0 saturated heterocycles. The zero-order chi connectivity index (χ0) is 16.3. The second kappa shape index (κ2) is 6.71. The largest absolute Gasteiger partial charge is 0.491 e. The van der Waals surface area contributed by atoms with Crippen LogP contribution in [0.5, 0.6) is 5.75 Å². The van der Waals surface area contributed by atoms with E-state index in [1.807, 2.05) is 32.9 Å². The Balaban J connectivity index is 2.23. The standard InChI is InChI=1S/C16H18BrNO3S/c1-11(2)21-13-5-7-14(8-6-13)22(19,20)18-16-9-4-12(3)10-15(16)17/h4-11,18H,1-3H3. The molecule has 0 spiro atoms. The molecule has 1 N–H and O–H groups in total. The molecule has 0 bridgehead atoms. The smallest absolute Gasteiger partial charge is 0.261 e. The van der Waals surface area contributed by atoms with Gasteiger partial charge in [-0.2, -0.15) is 0 Å². The van der Waals surface area contributed by atoms with Crippen molar-refractivity contribution in [2.75, 3.05) is 4.72 Å². The number of nitrogens with one attached hydrogen (secondary N) is 1. The molecule has 0 aromatic heterocycles. The molecule has 0 heterocycles. The summed E-state index contributed by atoms with van der Waals surface area (Å²) in [6, 6.07) is 11.8. The molecule has 0 aliphatic carbocycles. The van der Waals surface area contributed by atoms with E-state index < -0.39 is 10.0 Å². The van der Waals surface area contributed by atoms with Gasteiger partial charge in [0.25, 0.3) is 10.0 Å². The van der Waals surface area contributed by atoms with Crippen LogP contribution in [0.25, 0.3) is 0 Å². The SMILES string of the molecule is Cc1ccc(NS(=O)(=O)c2ccc(OC(C)C)cc2)c(Br)c1. The van der Waals surface area contributed by atoms with Crippen LogP contribution in [0.2, 0.25) is 0 Å². The Morgan fingerprint density at radius 3 is 2.27 bits per heavy atom. The summed E-state index contributed by atoms with van der Waals surface area (Å²) in [5.41, 5.74) is 1.55. The molecule has 0 saturated carbocycles. The summed E-state index contributed by atoms with van der Waals surface area (Å²) >= 11 is 3.36. The number of hydrogen-bond donors (Lipinski definition) is 1. The van der Waals surface area contributed by atoms with Crippen molar-refractivity contribution in [1.29, 1.82) is 0 Å². The molecule has 2 aromatic carbocycles. The number of benzene rings is 2. The molecular weight excluding hydrogens is 366 g/mol. The van der Waals surface area contributed by atoms with Crippen molar-refractivity contribution in [3.63, 3.8) is 0 Å². The molecule has 0 unspecified atom stereocenters. The molecule has 118 valence electrons. The molecule has 0 amide bonds. The van der Waals surface area contributed by atoms with Crippen LogP contribution in [0.1, 0.15) is 19.4 Å². The fourth-order valence-corrected chi connectivity index (χ4v) is 3.68. The molecule has 0 radical (unpaired) electrons. The number of aryl methyl sites for hydroxylation is 1. The Bertz CT molecular complexity index is 755. The van der Waals surface area contributed by atoms with Crippen LogP contribution in [0.3, 0.4) is 0 Å². The molecule has 0 aliphatic rings. The maximum absolute atomic E-state index is 12.4. The lowest BCUT2D eigenvalue weighted by Gasteiger charge is -2.12. The highest BCUT2D eigenvalue weighted by Gasteiger charge is 2.15. The summed E-state index contributed by atoms with van der Waals surface area (Å²) in [4.78, 5) is 0.191. The first-order chi connectivity index (χ1) is 10.3. The highest BCUT2D eigenvalue weighted by Crippen LogP contribution is 2.26. The van der Waals surface area contributed by atoms with Crippen molar-refractivity contribution in [2.24, 2.45) is 0 Å². The second-order valence-corrected chi connectivity index (χ2v) is 7.76. The van der Waals surface area contributed by atoms with Gasteiger partial charge in [-0.05, 0) is 78.7 Å². The van der Waals surface area contributed by atoms with E-state index in [-0.39, 0.29) is 11.0 Å². The zero-order valence-corrected chi connectivity index (χ0v) is 15.0. The predicted molar refractivity (Wildman–Crippen MR) is 91.9 cm³/mol. The quantitative estimate of drug-likeness (QED) is 0.834. The summed E-state index contributed by atoms with van der Waals surface area (Å²) in [5.74, 6) is 0.644. The first kappa shape index (κ1) is 16.8. The van der Waals surface area contributed by atoms with E-state index in [0.717, 1.165) is 5.56 Å². The third-order valence-corrected chi connectivity index (χ3v) is 4.91. The third kappa shape index (κ3) is 4.24.